The molecule has 1 aliphatic carbocycles. The van der Waals surface area contributed by atoms with Crippen LogP contribution in [-0.4, -0.2) is 22.1 Å². The summed E-state index contributed by atoms with van der Waals surface area (Å²) in [7, 11) is 0. The van der Waals surface area contributed by atoms with Crippen molar-refractivity contribution in [3.05, 3.63) is 35.9 Å². The number of rotatable bonds is 2. The second-order valence-electron chi connectivity index (χ2n) is 5.42. The summed E-state index contributed by atoms with van der Waals surface area (Å²) in [4.78, 5) is 14.0. The van der Waals surface area contributed by atoms with Gasteiger partial charge in [0.15, 0.2) is 0 Å². The van der Waals surface area contributed by atoms with Crippen molar-refractivity contribution in [3.63, 3.8) is 0 Å². The maximum absolute atomic E-state index is 12.3. The second-order valence-corrected chi connectivity index (χ2v) is 5.42. The van der Waals surface area contributed by atoms with Crippen LogP contribution >= 0.6 is 0 Å². The summed E-state index contributed by atoms with van der Waals surface area (Å²) in [6, 6.07) is 9.90. The molecule has 1 N–H and O–H groups in total. The molecule has 0 bridgehead atoms. The SMILES string of the molecule is O=C1[C@@H]2CCCC[C@@H]2C(O)N1Cc1ccccc1. The lowest BCUT2D eigenvalue weighted by Crippen LogP contribution is -2.34. The number of hydrogen-bond donors (Lipinski definition) is 1. The van der Waals surface area contributed by atoms with Gasteiger partial charge in [-0.05, 0) is 18.4 Å². The third-order valence-corrected chi connectivity index (χ3v) is 4.32. The van der Waals surface area contributed by atoms with Crippen LogP contribution in [-0.2, 0) is 11.3 Å². The molecule has 3 atom stereocenters. The van der Waals surface area contributed by atoms with Crippen LogP contribution in [0.3, 0.4) is 0 Å². The monoisotopic (exact) mass is 245 g/mol. The first-order valence-electron chi connectivity index (χ1n) is 6.80. The maximum Gasteiger partial charge on any atom is 0.228 e. The first-order chi connectivity index (χ1) is 8.77. The van der Waals surface area contributed by atoms with Crippen molar-refractivity contribution in [3.8, 4) is 0 Å². The Morgan fingerprint density at radius 2 is 1.89 bits per heavy atom. The quantitative estimate of drug-likeness (QED) is 0.867. The molecule has 0 spiro atoms. The van der Waals surface area contributed by atoms with Gasteiger partial charge >= 0.3 is 0 Å². The van der Waals surface area contributed by atoms with E-state index in [-0.39, 0.29) is 17.7 Å². The largest absolute Gasteiger partial charge is 0.373 e. The van der Waals surface area contributed by atoms with Gasteiger partial charge in [-0.3, -0.25) is 4.79 Å². The van der Waals surface area contributed by atoms with Crippen LogP contribution in [0.15, 0.2) is 30.3 Å². The van der Waals surface area contributed by atoms with Gasteiger partial charge in [0.05, 0.1) is 0 Å². The molecular formula is C15H19NO2. The van der Waals surface area contributed by atoms with Crippen LogP contribution in [0.25, 0.3) is 0 Å². The van der Waals surface area contributed by atoms with Gasteiger partial charge in [0.25, 0.3) is 0 Å². The Hall–Kier alpha value is -1.35. The zero-order chi connectivity index (χ0) is 12.5. The Labute approximate surface area is 107 Å². The highest BCUT2D eigenvalue weighted by Gasteiger charge is 2.47. The van der Waals surface area contributed by atoms with Crippen molar-refractivity contribution in [1.82, 2.24) is 4.90 Å². The minimum Gasteiger partial charge on any atom is -0.373 e. The molecule has 3 rings (SSSR count). The summed E-state index contributed by atoms with van der Waals surface area (Å²) < 4.78 is 0. The molecule has 96 valence electrons. The summed E-state index contributed by atoms with van der Waals surface area (Å²) in [6.45, 7) is 0.536. The van der Waals surface area contributed by atoms with Crippen LogP contribution < -0.4 is 0 Å². The molecule has 1 unspecified atom stereocenters. The average molecular weight is 245 g/mol. The molecule has 0 aromatic heterocycles. The summed E-state index contributed by atoms with van der Waals surface area (Å²) >= 11 is 0. The van der Waals surface area contributed by atoms with Crippen LogP contribution in [0.2, 0.25) is 0 Å². The molecule has 3 heteroatoms. The number of likely N-dealkylation sites (tertiary alicyclic amines) is 1. The average Bonchev–Trinajstić information content (AvgIpc) is 2.66. The van der Waals surface area contributed by atoms with Gasteiger partial charge in [0.1, 0.15) is 6.23 Å². The van der Waals surface area contributed by atoms with Gasteiger partial charge in [-0.25, -0.2) is 0 Å². The molecule has 1 aliphatic heterocycles. The molecule has 18 heavy (non-hydrogen) atoms. The molecular weight excluding hydrogens is 226 g/mol. The van der Waals surface area contributed by atoms with E-state index in [0.29, 0.717) is 6.54 Å². The van der Waals surface area contributed by atoms with Crippen LogP contribution in [0.5, 0.6) is 0 Å². The van der Waals surface area contributed by atoms with E-state index < -0.39 is 6.23 Å². The van der Waals surface area contributed by atoms with Gasteiger partial charge < -0.3 is 10.0 Å². The van der Waals surface area contributed by atoms with E-state index in [4.69, 9.17) is 0 Å². The van der Waals surface area contributed by atoms with Crippen molar-refractivity contribution >= 4 is 5.91 Å². The van der Waals surface area contributed by atoms with Gasteiger partial charge in [0.2, 0.25) is 5.91 Å². The van der Waals surface area contributed by atoms with Gasteiger partial charge in [0, 0.05) is 18.4 Å². The molecule has 1 amide bonds. The van der Waals surface area contributed by atoms with Gasteiger partial charge in [-0.2, -0.15) is 0 Å². The fourth-order valence-electron chi connectivity index (χ4n) is 3.35. The van der Waals surface area contributed by atoms with E-state index in [1.807, 2.05) is 30.3 Å². The van der Waals surface area contributed by atoms with E-state index in [2.05, 4.69) is 0 Å². The standard InChI is InChI=1S/C15H19NO2/c17-14-12-8-4-5-9-13(12)15(18)16(14)10-11-6-2-1-3-7-11/h1-3,6-7,12-14,17H,4-5,8-10H2/t12-,13+,14?/m0/s1. The second kappa shape index (κ2) is 4.73. The number of amides is 1. The van der Waals surface area contributed by atoms with E-state index in [9.17, 15) is 9.90 Å². The number of carbonyl (C=O) groups excluding carboxylic acids is 1. The van der Waals surface area contributed by atoms with Gasteiger partial charge in [-0.15, -0.1) is 0 Å². The summed E-state index contributed by atoms with van der Waals surface area (Å²) in [6.07, 6.45) is 3.63. The molecule has 1 saturated heterocycles. The molecule has 1 aromatic carbocycles. The van der Waals surface area contributed by atoms with E-state index in [1.165, 1.54) is 0 Å². The number of aliphatic hydroxyl groups is 1. The Morgan fingerprint density at radius 1 is 1.17 bits per heavy atom. The highest BCUT2D eigenvalue weighted by molar-refractivity contribution is 5.81. The molecule has 1 heterocycles. The van der Waals surface area contributed by atoms with Gasteiger partial charge in [-0.1, -0.05) is 43.2 Å². The topological polar surface area (TPSA) is 40.5 Å². The number of benzene rings is 1. The van der Waals surface area contributed by atoms with E-state index in [1.54, 1.807) is 4.90 Å². The highest BCUT2D eigenvalue weighted by atomic mass is 16.3. The number of fused-ring (bicyclic) bond motifs is 1. The molecule has 1 saturated carbocycles. The molecule has 0 radical (unpaired) electrons. The number of aliphatic hydroxyl groups excluding tert-OH is 1. The third-order valence-electron chi connectivity index (χ3n) is 4.32. The number of hydrogen-bond acceptors (Lipinski definition) is 2. The van der Waals surface area contributed by atoms with Crippen molar-refractivity contribution in [2.75, 3.05) is 0 Å². The lowest BCUT2D eigenvalue weighted by molar-refractivity contribution is -0.136. The lowest BCUT2D eigenvalue weighted by atomic mass is 9.81. The first kappa shape index (κ1) is 11.7. The first-order valence-corrected chi connectivity index (χ1v) is 6.80. The summed E-state index contributed by atoms with van der Waals surface area (Å²) in [5.74, 6) is 0.378. The van der Waals surface area contributed by atoms with Crippen molar-refractivity contribution in [1.29, 1.82) is 0 Å². The Bertz CT molecular complexity index is 431. The third kappa shape index (κ3) is 1.93. The van der Waals surface area contributed by atoms with E-state index >= 15 is 0 Å². The van der Waals surface area contributed by atoms with Crippen molar-refractivity contribution in [2.45, 2.75) is 38.5 Å². The Kier molecular flexibility index (Phi) is 3.08. The van der Waals surface area contributed by atoms with Crippen LogP contribution in [0.1, 0.15) is 31.2 Å². The molecule has 2 fully saturated rings. The molecule has 2 aliphatic rings. The van der Waals surface area contributed by atoms with Crippen LogP contribution in [0, 0.1) is 11.8 Å². The summed E-state index contributed by atoms with van der Waals surface area (Å²) in [5.41, 5.74) is 1.09. The fraction of sp³-hybridized carbons (Fsp3) is 0.533. The smallest absolute Gasteiger partial charge is 0.228 e. The highest BCUT2D eigenvalue weighted by Crippen LogP contribution is 2.40. The number of carbonyl (C=O) groups is 1. The number of nitrogens with zero attached hydrogens (tertiary/aromatic N) is 1. The molecule has 3 nitrogen and oxygen atoms in total. The minimum absolute atomic E-state index is 0.0671. The Balaban J connectivity index is 1.78. The predicted octanol–water partition coefficient (Wildman–Crippen LogP) is 2.15. The zero-order valence-electron chi connectivity index (χ0n) is 10.5. The lowest BCUT2D eigenvalue weighted by Gasteiger charge is -2.25. The Morgan fingerprint density at radius 3 is 2.61 bits per heavy atom. The van der Waals surface area contributed by atoms with Crippen LogP contribution in [0.4, 0.5) is 0 Å². The minimum atomic E-state index is -0.581. The van der Waals surface area contributed by atoms with Crippen molar-refractivity contribution < 1.29 is 9.90 Å². The normalized spacial score (nSPS) is 31.5. The maximum atomic E-state index is 12.3. The van der Waals surface area contributed by atoms with E-state index in [0.717, 1.165) is 31.2 Å². The van der Waals surface area contributed by atoms with Crippen molar-refractivity contribution in [2.24, 2.45) is 11.8 Å². The summed E-state index contributed by atoms with van der Waals surface area (Å²) in [5, 5.41) is 10.3. The zero-order valence-corrected chi connectivity index (χ0v) is 10.5. The fourth-order valence-corrected chi connectivity index (χ4v) is 3.35. The molecule has 1 aromatic rings. The predicted molar refractivity (Wildman–Crippen MR) is 68.4 cm³/mol.